The lowest BCUT2D eigenvalue weighted by Gasteiger charge is -2.31. The molecule has 2 fully saturated rings. The monoisotopic (exact) mass is 328 g/mol. The zero-order chi connectivity index (χ0) is 17.0. The van der Waals surface area contributed by atoms with Gasteiger partial charge in [-0.2, -0.15) is 0 Å². The number of hydrogen-bond donors (Lipinski definition) is 1. The minimum Gasteiger partial charge on any atom is -0.352 e. The first-order valence-corrected chi connectivity index (χ1v) is 9.64. The lowest BCUT2D eigenvalue weighted by atomic mass is 9.88. The predicted molar refractivity (Wildman–Crippen MR) is 98.5 cm³/mol. The SMILES string of the molecule is CC1CCCN(Cc2ccccc2CNC(=O)C2(C)CCCC2)C1. The Morgan fingerprint density at radius 2 is 1.92 bits per heavy atom. The third-order valence-corrected chi connectivity index (χ3v) is 5.95. The Labute approximate surface area is 146 Å². The molecule has 1 saturated carbocycles. The maximum atomic E-state index is 12.6. The van der Waals surface area contributed by atoms with Crippen molar-refractivity contribution in [1.82, 2.24) is 10.2 Å². The lowest BCUT2D eigenvalue weighted by Crippen LogP contribution is -2.37. The molecular weight excluding hydrogens is 296 g/mol. The van der Waals surface area contributed by atoms with Crippen molar-refractivity contribution in [3.05, 3.63) is 35.4 Å². The summed E-state index contributed by atoms with van der Waals surface area (Å²) in [5, 5.41) is 3.21. The molecule has 1 aliphatic carbocycles. The van der Waals surface area contributed by atoms with Gasteiger partial charge in [0.1, 0.15) is 0 Å². The van der Waals surface area contributed by atoms with Gasteiger partial charge in [-0.15, -0.1) is 0 Å². The highest BCUT2D eigenvalue weighted by molar-refractivity contribution is 5.82. The first-order chi connectivity index (χ1) is 11.6. The number of nitrogens with zero attached hydrogens (tertiary/aromatic N) is 1. The van der Waals surface area contributed by atoms with Gasteiger partial charge in [-0.25, -0.2) is 0 Å². The van der Waals surface area contributed by atoms with E-state index in [2.05, 4.69) is 48.3 Å². The Morgan fingerprint density at radius 3 is 2.62 bits per heavy atom. The van der Waals surface area contributed by atoms with E-state index in [1.807, 2.05) is 0 Å². The van der Waals surface area contributed by atoms with Crippen LogP contribution in [0.25, 0.3) is 0 Å². The maximum absolute atomic E-state index is 12.6. The average Bonchev–Trinajstić information content (AvgIpc) is 3.02. The number of hydrogen-bond acceptors (Lipinski definition) is 2. The fourth-order valence-corrected chi connectivity index (χ4v) is 4.33. The molecule has 0 spiro atoms. The molecule has 1 atom stereocenters. The van der Waals surface area contributed by atoms with Crippen molar-refractivity contribution in [1.29, 1.82) is 0 Å². The van der Waals surface area contributed by atoms with Gasteiger partial charge in [0.05, 0.1) is 0 Å². The molecule has 1 N–H and O–H groups in total. The highest BCUT2D eigenvalue weighted by Crippen LogP contribution is 2.37. The second kappa shape index (κ2) is 7.69. The van der Waals surface area contributed by atoms with Crippen LogP contribution in [0.1, 0.15) is 63.5 Å². The van der Waals surface area contributed by atoms with Gasteiger partial charge in [0.15, 0.2) is 0 Å². The van der Waals surface area contributed by atoms with E-state index < -0.39 is 0 Å². The predicted octanol–water partition coefficient (Wildman–Crippen LogP) is 4.12. The topological polar surface area (TPSA) is 32.3 Å². The van der Waals surface area contributed by atoms with E-state index in [0.29, 0.717) is 6.54 Å². The second-order valence-electron chi connectivity index (χ2n) is 8.20. The van der Waals surface area contributed by atoms with Crippen molar-refractivity contribution in [2.24, 2.45) is 11.3 Å². The number of carbonyl (C=O) groups excluding carboxylic acids is 1. The molecule has 3 nitrogen and oxygen atoms in total. The second-order valence-corrected chi connectivity index (χ2v) is 8.20. The summed E-state index contributed by atoms with van der Waals surface area (Å²) in [7, 11) is 0. The Hall–Kier alpha value is -1.35. The zero-order valence-electron chi connectivity index (χ0n) is 15.3. The summed E-state index contributed by atoms with van der Waals surface area (Å²) in [4.78, 5) is 15.1. The largest absolute Gasteiger partial charge is 0.352 e. The molecule has 1 heterocycles. The van der Waals surface area contributed by atoms with E-state index in [9.17, 15) is 4.79 Å². The average molecular weight is 329 g/mol. The fraction of sp³-hybridized carbons (Fsp3) is 0.667. The van der Waals surface area contributed by atoms with Gasteiger partial charge < -0.3 is 5.32 Å². The van der Waals surface area contributed by atoms with Gasteiger partial charge in [0, 0.05) is 25.0 Å². The van der Waals surface area contributed by atoms with Crippen LogP contribution in [0.3, 0.4) is 0 Å². The smallest absolute Gasteiger partial charge is 0.226 e. The molecule has 1 aromatic rings. The van der Waals surface area contributed by atoms with Crippen molar-refractivity contribution in [3.63, 3.8) is 0 Å². The van der Waals surface area contributed by atoms with E-state index in [1.165, 1.54) is 49.9 Å². The van der Waals surface area contributed by atoms with Crippen LogP contribution in [0.5, 0.6) is 0 Å². The molecule has 1 saturated heterocycles. The van der Waals surface area contributed by atoms with Crippen LogP contribution in [-0.2, 0) is 17.9 Å². The summed E-state index contributed by atoms with van der Waals surface area (Å²) in [6.07, 6.45) is 7.10. The summed E-state index contributed by atoms with van der Waals surface area (Å²) in [6.45, 7) is 8.53. The molecule has 132 valence electrons. The fourth-order valence-electron chi connectivity index (χ4n) is 4.33. The molecule has 24 heavy (non-hydrogen) atoms. The van der Waals surface area contributed by atoms with Gasteiger partial charge in [-0.3, -0.25) is 9.69 Å². The number of benzene rings is 1. The van der Waals surface area contributed by atoms with Crippen molar-refractivity contribution in [2.45, 2.75) is 65.5 Å². The summed E-state index contributed by atoms with van der Waals surface area (Å²) >= 11 is 0. The highest BCUT2D eigenvalue weighted by atomic mass is 16.2. The molecule has 1 amide bonds. The minimum absolute atomic E-state index is 0.142. The van der Waals surface area contributed by atoms with Crippen LogP contribution in [0, 0.1) is 11.3 Å². The van der Waals surface area contributed by atoms with Crippen LogP contribution in [0.2, 0.25) is 0 Å². The first kappa shape index (κ1) is 17.5. The van der Waals surface area contributed by atoms with Gasteiger partial charge in [0.2, 0.25) is 5.91 Å². The van der Waals surface area contributed by atoms with Crippen molar-refractivity contribution in [3.8, 4) is 0 Å². The summed E-state index contributed by atoms with van der Waals surface area (Å²) in [5.74, 6) is 1.04. The molecule has 3 heteroatoms. The van der Waals surface area contributed by atoms with Gasteiger partial charge in [-0.05, 0) is 49.3 Å². The molecule has 2 aliphatic rings. The van der Waals surface area contributed by atoms with Crippen molar-refractivity contribution in [2.75, 3.05) is 13.1 Å². The van der Waals surface area contributed by atoms with Crippen molar-refractivity contribution < 1.29 is 4.79 Å². The van der Waals surface area contributed by atoms with E-state index in [4.69, 9.17) is 0 Å². The van der Waals surface area contributed by atoms with E-state index in [0.717, 1.165) is 25.3 Å². The number of rotatable bonds is 5. The molecule has 1 unspecified atom stereocenters. The number of carbonyl (C=O) groups is 1. The first-order valence-electron chi connectivity index (χ1n) is 9.64. The number of nitrogens with one attached hydrogen (secondary N) is 1. The standard InChI is InChI=1S/C21H32N2O/c1-17-8-7-13-23(15-17)16-19-10-4-3-9-18(19)14-22-20(24)21(2)11-5-6-12-21/h3-4,9-10,17H,5-8,11-16H2,1-2H3,(H,22,24). The Balaban J connectivity index is 1.60. The van der Waals surface area contributed by atoms with Gasteiger partial charge >= 0.3 is 0 Å². The minimum atomic E-state index is -0.142. The summed E-state index contributed by atoms with van der Waals surface area (Å²) in [5.41, 5.74) is 2.49. The zero-order valence-corrected chi connectivity index (χ0v) is 15.3. The van der Waals surface area contributed by atoms with Gasteiger partial charge in [0.25, 0.3) is 0 Å². The normalized spacial score (nSPS) is 24.0. The molecule has 1 aliphatic heterocycles. The van der Waals surface area contributed by atoms with Gasteiger partial charge in [-0.1, -0.05) is 51.0 Å². The number of piperidine rings is 1. The lowest BCUT2D eigenvalue weighted by molar-refractivity contribution is -0.130. The van der Waals surface area contributed by atoms with Crippen LogP contribution in [0.15, 0.2) is 24.3 Å². The highest BCUT2D eigenvalue weighted by Gasteiger charge is 2.35. The quantitative estimate of drug-likeness (QED) is 0.882. The maximum Gasteiger partial charge on any atom is 0.226 e. The molecular formula is C21H32N2O. The van der Waals surface area contributed by atoms with Crippen LogP contribution in [-0.4, -0.2) is 23.9 Å². The molecule has 0 radical (unpaired) electrons. The third-order valence-electron chi connectivity index (χ3n) is 5.95. The molecule has 0 bridgehead atoms. The van der Waals surface area contributed by atoms with Crippen LogP contribution in [0.4, 0.5) is 0 Å². The third kappa shape index (κ3) is 4.18. The van der Waals surface area contributed by atoms with E-state index >= 15 is 0 Å². The summed E-state index contributed by atoms with van der Waals surface area (Å²) in [6, 6.07) is 8.59. The summed E-state index contributed by atoms with van der Waals surface area (Å²) < 4.78 is 0. The van der Waals surface area contributed by atoms with E-state index in [-0.39, 0.29) is 11.3 Å². The molecule has 3 rings (SSSR count). The van der Waals surface area contributed by atoms with Crippen LogP contribution >= 0.6 is 0 Å². The Morgan fingerprint density at radius 1 is 1.21 bits per heavy atom. The number of likely N-dealkylation sites (tertiary alicyclic amines) is 1. The van der Waals surface area contributed by atoms with E-state index in [1.54, 1.807) is 0 Å². The molecule has 1 aromatic carbocycles. The Kier molecular flexibility index (Phi) is 5.60. The van der Waals surface area contributed by atoms with Crippen LogP contribution < -0.4 is 5.32 Å². The Bertz CT molecular complexity index is 563. The molecule has 0 aromatic heterocycles. The number of amides is 1. The van der Waals surface area contributed by atoms with Crippen molar-refractivity contribution >= 4 is 5.91 Å².